The van der Waals surface area contributed by atoms with Crippen molar-refractivity contribution in [1.82, 2.24) is 4.72 Å². The van der Waals surface area contributed by atoms with Crippen LogP contribution in [0.25, 0.3) is 0 Å². The Bertz CT molecular complexity index is 167. The second kappa shape index (κ2) is 2.43. The van der Waals surface area contributed by atoms with E-state index in [1.165, 1.54) is 11.9 Å². The van der Waals surface area contributed by atoms with Gasteiger partial charge in [-0.1, -0.05) is 0 Å². The van der Waals surface area contributed by atoms with Crippen molar-refractivity contribution >= 4 is 17.8 Å². The first-order valence-corrected chi connectivity index (χ1v) is 4.00. The lowest BCUT2D eigenvalue weighted by molar-refractivity contribution is 0.149. The average Bonchev–Trinajstić information content (AvgIpc) is 1.81. The summed E-state index contributed by atoms with van der Waals surface area (Å²) >= 11 is 1.51. The first-order chi connectivity index (χ1) is 4.52. The van der Waals surface area contributed by atoms with Crippen LogP contribution in [0.5, 0.6) is 0 Å². The molecule has 1 rings (SSSR count). The molecule has 0 saturated heterocycles. The molecule has 0 aliphatic carbocycles. The van der Waals surface area contributed by atoms with E-state index in [0.29, 0.717) is 0 Å². The largest absolute Gasteiger partial charge is 0.370 e. The Morgan fingerprint density at radius 3 is 2.70 bits per heavy atom. The fourth-order valence-electron chi connectivity index (χ4n) is 0.623. The topological polar surface area (TPSA) is 44.6 Å². The van der Waals surface area contributed by atoms with Crippen LogP contribution >= 0.6 is 11.9 Å². The minimum atomic E-state index is -0.584. The Labute approximate surface area is 65.1 Å². The summed E-state index contributed by atoms with van der Waals surface area (Å²) in [6.07, 6.45) is -0.584. The molecule has 3 nitrogen and oxygen atoms in total. The molecule has 1 aliphatic rings. The lowest BCUT2D eigenvalue weighted by Crippen LogP contribution is -2.40. The quantitative estimate of drug-likeness (QED) is 0.514. The molecule has 0 amide bonds. The summed E-state index contributed by atoms with van der Waals surface area (Å²) in [4.78, 5) is 3.98. The molecule has 0 radical (unpaired) electrons. The maximum Gasteiger partial charge on any atom is 0.162 e. The highest BCUT2D eigenvalue weighted by Gasteiger charge is 2.31. The number of rotatable bonds is 0. The van der Waals surface area contributed by atoms with Crippen molar-refractivity contribution in [3.8, 4) is 0 Å². The monoisotopic (exact) mass is 160 g/mol. The van der Waals surface area contributed by atoms with Gasteiger partial charge in [-0.25, -0.2) is 4.99 Å². The van der Waals surface area contributed by atoms with E-state index in [0.717, 1.165) is 5.84 Å². The molecule has 1 atom stereocenters. The summed E-state index contributed by atoms with van der Waals surface area (Å²) in [5, 5.41) is 9.36. The van der Waals surface area contributed by atoms with Crippen molar-refractivity contribution in [2.75, 3.05) is 0 Å². The second-order valence-electron chi connectivity index (χ2n) is 2.90. The molecule has 0 bridgehead atoms. The number of nitrogens with one attached hydrogen (secondary N) is 1. The Morgan fingerprint density at radius 1 is 1.70 bits per heavy atom. The van der Waals surface area contributed by atoms with E-state index in [1.54, 1.807) is 0 Å². The van der Waals surface area contributed by atoms with E-state index >= 15 is 0 Å². The molecule has 0 fully saturated rings. The number of aliphatic imine (C=N–C) groups is 1. The van der Waals surface area contributed by atoms with Crippen molar-refractivity contribution in [2.24, 2.45) is 4.99 Å². The number of aliphatic hydroxyl groups is 1. The molecule has 58 valence electrons. The Balaban J connectivity index is 2.74. The van der Waals surface area contributed by atoms with Crippen molar-refractivity contribution in [3.63, 3.8) is 0 Å². The molecule has 1 heterocycles. The molecule has 0 saturated carbocycles. The highest BCUT2D eigenvalue weighted by Crippen LogP contribution is 2.28. The molecule has 0 aromatic rings. The van der Waals surface area contributed by atoms with Gasteiger partial charge in [0.15, 0.2) is 6.23 Å². The predicted molar refractivity (Wildman–Crippen MR) is 43.9 cm³/mol. The lowest BCUT2D eigenvalue weighted by Gasteiger charge is -2.31. The first-order valence-electron chi connectivity index (χ1n) is 3.19. The van der Waals surface area contributed by atoms with Gasteiger partial charge in [-0.3, -0.25) is 0 Å². The third kappa shape index (κ3) is 1.44. The molecule has 0 aromatic heterocycles. The van der Waals surface area contributed by atoms with Crippen LogP contribution in [0, 0.1) is 0 Å². The summed E-state index contributed by atoms with van der Waals surface area (Å²) < 4.78 is 2.80. The van der Waals surface area contributed by atoms with Crippen molar-refractivity contribution < 1.29 is 5.11 Å². The van der Waals surface area contributed by atoms with Crippen LogP contribution < -0.4 is 4.72 Å². The van der Waals surface area contributed by atoms with E-state index in [9.17, 15) is 5.11 Å². The van der Waals surface area contributed by atoms with Crippen LogP contribution in [0.4, 0.5) is 0 Å². The van der Waals surface area contributed by atoms with Gasteiger partial charge in [-0.15, -0.1) is 0 Å². The lowest BCUT2D eigenvalue weighted by atomic mass is 10.2. The van der Waals surface area contributed by atoms with Gasteiger partial charge in [0, 0.05) is 0 Å². The summed E-state index contributed by atoms with van der Waals surface area (Å²) in [5.41, 5.74) is 0. The molecule has 10 heavy (non-hydrogen) atoms. The van der Waals surface area contributed by atoms with Gasteiger partial charge >= 0.3 is 0 Å². The van der Waals surface area contributed by atoms with Crippen LogP contribution in [0.1, 0.15) is 20.8 Å². The SMILES string of the molecule is CC1=NC(O)C(C)(C)SN1. The van der Waals surface area contributed by atoms with E-state index in [1.807, 2.05) is 20.8 Å². The fourth-order valence-corrected chi connectivity index (χ4v) is 1.24. The highest BCUT2D eigenvalue weighted by atomic mass is 32.2. The molecule has 1 unspecified atom stereocenters. The van der Waals surface area contributed by atoms with Gasteiger partial charge < -0.3 is 9.83 Å². The van der Waals surface area contributed by atoms with E-state index in [4.69, 9.17) is 0 Å². The Hall–Kier alpha value is -0.220. The van der Waals surface area contributed by atoms with Crippen molar-refractivity contribution in [2.45, 2.75) is 31.7 Å². The van der Waals surface area contributed by atoms with Crippen LogP contribution in [0.2, 0.25) is 0 Å². The highest BCUT2D eigenvalue weighted by molar-refractivity contribution is 7.99. The van der Waals surface area contributed by atoms with Gasteiger partial charge in [0.25, 0.3) is 0 Å². The van der Waals surface area contributed by atoms with Gasteiger partial charge in [-0.2, -0.15) is 0 Å². The number of hydrogen-bond donors (Lipinski definition) is 2. The zero-order chi connectivity index (χ0) is 7.78. The fraction of sp³-hybridized carbons (Fsp3) is 0.833. The molecule has 1 aliphatic heterocycles. The third-order valence-electron chi connectivity index (χ3n) is 1.40. The number of amidine groups is 1. The van der Waals surface area contributed by atoms with Gasteiger partial charge in [-0.05, 0) is 32.7 Å². The third-order valence-corrected chi connectivity index (χ3v) is 2.53. The maximum absolute atomic E-state index is 9.36. The van der Waals surface area contributed by atoms with Gasteiger partial charge in [0.05, 0.1) is 4.75 Å². The molecular weight excluding hydrogens is 148 g/mol. The number of nitrogens with zero attached hydrogens (tertiary/aromatic N) is 1. The van der Waals surface area contributed by atoms with Gasteiger partial charge in [0.2, 0.25) is 0 Å². The minimum Gasteiger partial charge on any atom is -0.370 e. The average molecular weight is 160 g/mol. The smallest absolute Gasteiger partial charge is 0.162 e. The van der Waals surface area contributed by atoms with Crippen LogP contribution in [-0.2, 0) is 0 Å². The van der Waals surface area contributed by atoms with Crippen LogP contribution in [-0.4, -0.2) is 21.9 Å². The summed E-state index contributed by atoms with van der Waals surface area (Å²) in [6.45, 7) is 5.74. The Morgan fingerprint density at radius 2 is 2.30 bits per heavy atom. The first kappa shape index (κ1) is 7.88. The zero-order valence-corrected chi connectivity index (χ0v) is 7.20. The summed E-state index contributed by atoms with van der Waals surface area (Å²) in [5.74, 6) is 0.789. The standard InChI is InChI=1S/C6H12N2OS/c1-4-7-5(9)6(2,3)10-8-4/h5,9H,1-3H3,(H,7,8). The molecule has 0 spiro atoms. The minimum absolute atomic E-state index is 0.209. The normalized spacial score (nSPS) is 30.8. The van der Waals surface area contributed by atoms with Crippen molar-refractivity contribution in [3.05, 3.63) is 0 Å². The van der Waals surface area contributed by atoms with Crippen molar-refractivity contribution in [1.29, 1.82) is 0 Å². The molecular formula is C6H12N2OS. The molecule has 2 N–H and O–H groups in total. The second-order valence-corrected chi connectivity index (χ2v) is 4.36. The summed E-state index contributed by atoms with van der Waals surface area (Å²) in [6, 6.07) is 0. The zero-order valence-electron chi connectivity index (χ0n) is 6.38. The van der Waals surface area contributed by atoms with Gasteiger partial charge in [0.1, 0.15) is 5.84 Å². The van der Waals surface area contributed by atoms with Crippen LogP contribution in [0.15, 0.2) is 4.99 Å². The van der Waals surface area contributed by atoms with E-state index in [2.05, 4.69) is 9.71 Å². The maximum atomic E-state index is 9.36. The van der Waals surface area contributed by atoms with E-state index < -0.39 is 6.23 Å². The number of hydrogen-bond acceptors (Lipinski definition) is 4. The Kier molecular flexibility index (Phi) is 1.92. The molecule has 0 aromatic carbocycles. The summed E-state index contributed by atoms with van der Waals surface area (Å²) in [7, 11) is 0. The number of aliphatic hydroxyl groups excluding tert-OH is 1. The predicted octanol–water partition coefficient (Wildman–Crippen LogP) is 0.753. The van der Waals surface area contributed by atoms with Crippen LogP contribution in [0.3, 0.4) is 0 Å². The van der Waals surface area contributed by atoms with E-state index in [-0.39, 0.29) is 4.75 Å². The molecule has 4 heteroatoms.